The van der Waals surface area contributed by atoms with Crippen molar-refractivity contribution in [2.24, 2.45) is 0 Å². The molecule has 0 aliphatic heterocycles. The maximum atomic E-state index is 13.8. The first-order valence-electron chi connectivity index (χ1n) is 13.2. The van der Waals surface area contributed by atoms with Crippen LogP contribution in [0.25, 0.3) is 27.4 Å². The number of amides is 1. The third-order valence-corrected chi connectivity index (χ3v) is 7.29. The standard InChI is InChI=1S/C34H26FN3O3/c1-21(23-8-10-26(11-9-23)34(40)41)37-33(39)31-19-28(25-12-14-29(35)15-13-25)18-30-20-36-32(38(30)31)17-22-6-7-24-4-2-3-5-27(24)16-22/h2-16,18-21H,17H2,1H3,(H,37,39)(H,40,41)/t21-/m0/s1. The number of benzene rings is 4. The monoisotopic (exact) mass is 543 g/mol. The highest BCUT2D eigenvalue weighted by Crippen LogP contribution is 2.27. The summed E-state index contributed by atoms with van der Waals surface area (Å²) in [6.45, 7) is 1.85. The van der Waals surface area contributed by atoms with Crippen LogP contribution in [0.15, 0.2) is 109 Å². The number of nitrogens with zero attached hydrogens (tertiary/aromatic N) is 2. The first-order chi connectivity index (χ1) is 19.9. The van der Waals surface area contributed by atoms with Crippen molar-refractivity contribution < 1.29 is 19.1 Å². The fourth-order valence-electron chi connectivity index (χ4n) is 5.10. The zero-order valence-corrected chi connectivity index (χ0v) is 22.2. The predicted octanol–water partition coefficient (Wildman–Crippen LogP) is 7.07. The Morgan fingerprint density at radius 3 is 2.34 bits per heavy atom. The van der Waals surface area contributed by atoms with E-state index >= 15 is 0 Å². The normalized spacial score (nSPS) is 12.0. The molecule has 0 saturated carbocycles. The van der Waals surface area contributed by atoms with Gasteiger partial charge in [-0.2, -0.15) is 0 Å². The molecule has 4 aromatic carbocycles. The first kappa shape index (κ1) is 26.0. The van der Waals surface area contributed by atoms with Crippen molar-refractivity contribution in [1.29, 1.82) is 0 Å². The summed E-state index contributed by atoms with van der Waals surface area (Å²) in [5, 5.41) is 14.5. The number of carboxylic acids is 1. The Hall–Kier alpha value is -5.30. The van der Waals surface area contributed by atoms with Crippen molar-refractivity contribution in [2.75, 3.05) is 0 Å². The van der Waals surface area contributed by atoms with Crippen LogP contribution in [0.1, 0.15) is 50.8 Å². The zero-order valence-electron chi connectivity index (χ0n) is 22.2. The average Bonchev–Trinajstić information content (AvgIpc) is 3.39. The van der Waals surface area contributed by atoms with E-state index in [1.54, 1.807) is 36.5 Å². The van der Waals surface area contributed by atoms with E-state index in [-0.39, 0.29) is 23.3 Å². The Kier molecular flexibility index (Phi) is 6.77. The fraction of sp³-hybridized carbons (Fsp3) is 0.0882. The van der Waals surface area contributed by atoms with Gasteiger partial charge in [0.15, 0.2) is 0 Å². The SMILES string of the molecule is C[C@H](NC(=O)c1cc(-c2ccc(F)cc2)cc2cnc(Cc3ccc4ccccc4c3)n12)c1ccc(C(=O)O)cc1. The van der Waals surface area contributed by atoms with Crippen LogP contribution in [-0.2, 0) is 6.42 Å². The lowest BCUT2D eigenvalue weighted by molar-refractivity contribution is 0.0696. The zero-order chi connectivity index (χ0) is 28.5. The molecular formula is C34H26FN3O3. The number of hydrogen-bond acceptors (Lipinski definition) is 3. The molecule has 0 fully saturated rings. The largest absolute Gasteiger partial charge is 0.478 e. The Morgan fingerprint density at radius 1 is 0.878 bits per heavy atom. The molecule has 202 valence electrons. The first-order valence-corrected chi connectivity index (χ1v) is 13.2. The average molecular weight is 544 g/mol. The molecule has 1 amide bonds. The summed E-state index contributed by atoms with van der Waals surface area (Å²) in [5.41, 5.74) is 4.69. The second-order valence-corrected chi connectivity index (χ2v) is 10.1. The van der Waals surface area contributed by atoms with Crippen LogP contribution in [0.5, 0.6) is 0 Å². The molecule has 2 aromatic heterocycles. The van der Waals surface area contributed by atoms with Crippen molar-refractivity contribution in [1.82, 2.24) is 14.7 Å². The van der Waals surface area contributed by atoms with E-state index in [2.05, 4.69) is 35.6 Å². The van der Waals surface area contributed by atoms with Crippen LogP contribution >= 0.6 is 0 Å². The molecule has 0 aliphatic rings. The Bertz CT molecular complexity index is 1910. The third kappa shape index (κ3) is 5.30. The van der Waals surface area contributed by atoms with E-state index in [0.29, 0.717) is 17.9 Å². The van der Waals surface area contributed by atoms with Gasteiger partial charge in [-0.3, -0.25) is 9.20 Å². The number of aromatic carboxylic acids is 1. The van der Waals surface area contributed by atoms with Crippen molar-refractivity contribution in [3.8, 4) is 11.1 Å². The number of aromatic nitrogens is 2. The molecule has 2 heterocycles. The van der Waals surface area contributed by atoms with Crippen LogP contribution in [-0.4, -0.2) is 26.4 Å². The van der Waals surface area contributed by atoms with Gasteiger partial charge in [0.2, 0.25) is 0 Å². The number of fused-ring (bicyclic) bond motifs is 2. The fourth-order valence-corrected chi connectivity index (χ4v) is 5.10. The molecule has 0 bridgehead atoms. The van der Waals surface area contributed by atoms with Crippen molar-refractivity contribution in [3.63, 3.8) is 0 Å². The highest BCUT2D eigenvalue weighted by atomic mass is 19.1. The summed E-state index contributed by atoms with van der Waals surface area (Å²) in [5.74, 6) is -0.944. The van der Waals surface area contributed by atoms with Gasteiger partial charge >= 0.3 is 5.97 Å². The van der Waals surface area contributed by atoms with Crippen LogP contribution in [0, 0.1) is 5.82 Å². The van der Waals surface area contributed by atoms with Crippen molar-refractivity contribution >= 4 is 28.2 Å². The van der Waals surface area contributed by atoms with Gasteiger partial charge in [0.25, 0.3) is 5.91 Å². The highest BCUT2D eigenvalue weighted by molar-refractivity contribution is 5.95. The van der Waals surface area contributed by atoms with E-state index in [1.807, 2.05) is 29.5 Å². The van der Waals surface area contributed by atoms with E-state index in [0.717, 1.165) is 38.5 Å². The number of rotatable bonds is 7. The molecule has 6 nitrogen and oxygen atoms in total. The van der Waals surface area contributed by atoms with Gasteiger partial charge in [-0.25, -0.2) is 14.2 Å². The van der Waals surface area contributed by atoms with E-state index in [1.165, 1.54) is 24.3 Å². The molecule has 0 saturated heterocycles. The number of imidazole rings is 1. The summed E-state index contributed by atoms with van der Waals surface area (Å²) in [7, 11) is 0. The second-order valence-electron chi connectivity index (χ2n) is 10.1. The molecule has 2 N–H and O–H groups in total. The van der Waals surface area contributed by atoms with Gasteiger partial charge in [0.1, 0.15) is 17.3 Å². The minimum Gasteiger partial charge on any atom is -0.478 e. The number of carbonyl (C=O) groups is 2. The number of carboxylic acid groups (broad SMARTS) is 1. The summed E-state index contributed by atoms with van der Waals surface area (Å²) >= 11 is 0. The molecule has 1 atom stereocenters. The van der Waals surface area contributed by atoms with Crippen molar-refractivity contribution in [3.05, 3.63) is 143 Å². The molecule has 0 aliphatic carbocycles. The van der Waals surface area contributed by atoms with E-state index in [4.69, 9.17) is 4.98 Å². The summed E-state index contributed by atoms with van der Waals surface area (Å²) in [4.78, 5) is 29.8. The number of nitrogens with one attached hydrogen (secondary N) is 1. The minimum absolute atomic E-state index is 0.178. The Balaban J connectivity index is 1.39. The second kappa shape index (κ2) is 10.7. The molecule has 6 rings (SSSR count). The molecule has 0 radical (unpaired) electrons. The van der Waals surface area contributed by atoms with Crippen LogP contribution in [0.3, 0.4) is 0 Å². The number of pyridine rings is 1. The third-order valence-electron chi connectivity index (χ3n) is 7.29. The summed E-state index contributed by atoms with van der Waals surface area (Å²) in [6, 6.07) is 30.4. The van der Waals surface area contributed by atoms with Gasteiger partial charge in [0, 0.05) is 6.42 Å². The molecule has 6 aromatic rings. The number of carbonyl (C=O) groups excluding carboxylic acids is 1. The van der Waals surface area contributed by atoms with Crippen LogP contribution in [0.2, 0.25) is 0 Å². The van der Waals surface area contributed by atoms with Crippen LogP contribution in [0.4, 0.5) is 4.39 Å². The van der Waals surface area contributed by atoms with Gasteiger partial charge in [-0.05, 0) is 76.3 Å². The van der Waals surface area contributed by atoms with E-state index in [9.17, 15) is 19.1 Å². The van der Waals surface area contributed by atoms with Crippen LogP contribution < -0.4 is 5.32 Å². The van der Waals surface area contributed by atoms with Gasteiger partial charge in [-0.1, -0.05) is 66.7 Å². The lowest BCUT2D eigenvalue weighted by Crippen LogP contribution is -2.28. The topological polar surface area (TPSA) is 83.7 Å². The number of halogens is 1. The smallest absolute Gasteiger partial charge is 0.335 e. The lowest BCUT2D eigenvalue weighted by Gasteiger charge is -2.17. The Morgan fingerprint density at radius 2 is 1.61 bits per heavy atom. The molecule has 0 unspecified atom stereocenters. The number of hydrogen-bond donors (Lipinski definition) is 2. The summed E-state index contributed by atoms with van der Waals surface area (Å²) < 4.78 is 15.5. The molecule has 0 spiro atoms. The van der Waals surface area contributed by atoms with Crippen molar-refractivity contribution in [2.45, 2.75) is 19.4 Å². The van der Waals surface area contributed by atoms with Gasteiger partial charge in [0.05, 0.1) is 23.3 Å². The van der Waals surface area contributed by atoms with Gasteiger partial charge in [-0.15, -0.1) is 0 Å². The molecular weight excluding hydrogens is 517 g/mol. The van der Waals surface area contributed by atoms with Gasteiger partial charge < -0.3 is 10.4 Å². The van der Waals surface area contributed by atoms with E-state index < -0.39 is 5.97 Å². The highest BCUT2D eigenvalue weighted by Gasteiger charge is 2.19. The molecule has 41 heavy (non-hydrogen) atoms. The maximum Gasteiger partial charge on any atom is 0.335 e. The predicted molar refractivity (Wildman–Crippen MR) is 157 cm³/mol. The quantitative estimate of drug-likeness (QED) is 0.226. The summed E-state index contributed by atoms with van der Waals surface area (Å²) in [6.07, 6.45) is 2.26. The Labute approximate surface area is 235 Å². The minimum atomic E-state index is -1.01. The lowest BCUT2D eigenvalue weighted by atomic mass is 10.0. The molecule has 7 heteroatoms. The maximum absolute atomic E-state index is 13.8.